The highest BCUT2D eigenvalue weighted by Gasteiger charge is 2.22. The summed E-state index contributed by atoms with van der Waals surface area (Å²) in [7, 11) is 1.76. The Hall–Kier alpha value is -2.28. The Morgan fingerprint density at radius 1 is 1.26 bits per heavy atom. The number of aromatic nitrogens is 2. The van der Waals surface area contributed by atoms with Gasteiger partial charge in [-0.15, -0.1) is 0 Å². The van der Waals surface area contributed by atoms with Crippen LogP contribution in [-0.2, 0) is 25.8 Å². The van der Waals surface area contributed by atoms with Gasteiger partial charge in [0.1, 0.15) is 12.3 Å². The lowest BCUT2D eigenvalue weighted by atomic mass is 9.93. The van der Waals surface area contributed by atoms with Gasteiger partial charge in [0.25, 0.3) is 0 Å². The van der Waals surface area contributed by atoms with E-state index in [-0.39, 0.29) is 0 Å². The lowest BCUT2D eigenvalue weighted by molar-refractivity contribution is 0.407. The van der Waals surface area contributed by atoms with Crippen LogP contribution >= 0.6 is 0 Å². The monoisotopic (exact) mass is 309 g/mol. The molecule has 4 heteroatoms. The molecule has 4 nitrogen and oxygen atoms in total. The van der Waals surface area contributed by atoms with Gasteiger partial charge in [-0.25, -0.2) is 0 Å². The van der Waals surface area contributed by atoms with Crippen molar-refractivity contribution in [3.05, 3.63) is 45.3 Å². The summed E-state index contributed by atoms with van der Waals surface area (Å²) in [6, 6.07) is 4.45. The third-order valence-corrected chi connectivity index (χ3v) is 4.95. The van der Waals surface area contributed by atoms with Crippen molar-refractivity contribution in [1.29, 1.82) is 5.26 Å². The van der Waals surface area contributed by atoms with Gasteiger partial charge in [-0.3, -0.25) is 4.68 Å². The number of ether oxygens (including phenoxy) is 1. The fourth-order valence-corrected chi connectivity index (χ4v) is 3.84. The molecule has 0 amide bonds. The minimum Gasteiger partial charge on any atom is -0.496 e. The fourth-order valence-electron chi connectivity index (χ4n) is 3.84. The lowest BCUT2D eigenvalue weighted by Crippen LogP contribution is -2.03. The molecule has 2 aromatic rings. The third-order valence-electron chi connectivity index (χ3n) is 4.95. The van der Waals surface area contributed by atoms with Crippen molar-refractivity contribution in [2.45, 2.75) is 53.0 Å². The van der Waals surface area contributed by atoms with Crippen molar-refractivity contribution in [3.63, 3.8) is 0 Å². The maximum Gasteiger partial charge on any atom is 0.128 e. The molecule has 0 unspecified atom stereocenters. The molecule has 0 saturated carbocycles. The first-order valence-electron chi connectivity index (χ1n) is 8.14. The van der Waals surface area contributed by atoms with E-state index in [2.05, 4.69) is 31.1 Å². The second kappa shape index (κ2) is 6.08. The van der Waals surface area contributed by atoms with Gasteiger partial charge < -0.3 is 4.74 Å². The van der Waals surface area contributed by atoms with Gasteiger partial charge in [0.15, 0.2) is 0 Å². The van der Waals surface area contributed by atoms with E-state index in [0.717, 1.165) is 36.4 Å². The van der Waals surface area contributed by atoms with Gasteiger partial charge in [0.05, 0.1) is 18.9 Å². The average Bonchev–Trinajstić information content (AvgIpc) is 3.09. The summed E-state index contributed by atoms with van der Waals surface area (Å²) in [5.41, 5.74) is 8.82. The predicted molar refractivity (Wildman–Crippen MR) is 89.9 cm³/mol. The highest BCUT2D eigenvalue weighted by molar-refractivity contribution is 5.53. The lowest BCUT2D eigenvalue weighted by Gasteiger charge is -2.15. The quantitative estimate of drug-likeness (QED) is 0.869. The topological polar surface area (TPSA) is 50.8 Å². The minimum absolute atomic E-state index is 0.312. The molecule has 0 bridgehead atoms. The summed E-state index contributed by atoms with van der Waals surface area (Å²) in [6.45, 7) is 6.53. The number of benzene rings is 1. The van der Waals surface area contributed by atoms with Crippen molar-refractivity contribution in [2.24, 2.45) is 0 Å². The molecule has 0 N–H and O–H groups in total. The van der Waals surface area contributed by atoms with Crippen molar-refractivity contribution in [2.75, 3.05) is 7.11 Å². The molecule has 0 atom stereocenters. The number of rotatable bonds is 4. The van der Waals surface area contributed by atoms with Gasteiger partial charge in [0.2, 0.25) is 0 Å². The van der Waals surface area contributed by atoms with E-state index in [1.807, 2.05) is 6.92 Å². The van der Waals surface area contributed by atoms with E-state index in [9.17, 15) is 0 Å². The largest absolute Gasteiger partial charge is 0.496 e. The maximum absolute atomic E-state index is 8.93. The maximum atomic E-state index is 8.93. The smallest absolute Gasteiger partial charge is 0.128 e. The van der Waals surface area contributed by atoms with Crippen LogP contribution in [0.25, 0.3) is 0 Å². The molecule has 3 rings (SSSR count). The van der Waals surface area contributed by atoms with Crippen LogP contribution in [0.5, 0.6) is 5.75 Å². The standard InChI is InChI=1S/C19H23N3O/c1-12-10-15(16-6-5-7-17(16)19(12)23-4)11-18-13(2)21-22(9-8-20)14(18)3/h10H,5-7,9,11H2,1-4H3. The van der Waals surface area contributed by atoms with E-state index >= 15 is 0 Å². The van der Waals surface area contributed by atoms with Crippen LogP contribution < -0.4 is 4.74 Å². The highest BCUT2D eigenvalue weighted by Crippen LogP contribution is 2.37. The van der Waals surface area contributed by atoms with E-state index in [1.165, 1.54) is 34.2 Å². The summed E-state index contributed by atoms with van der Waals surface area (Å²) < 4.78 is 7.43. The van der Waals surface area contributed by atoms with Crippen LogP contribution in [0.15, 0.2) is 6.07 Å². The molecule has 0 radical (unpaired) electrons. The normalized spacial score (nSPS) is 13.0. The summed E-state index contributed by atoms with van der Waals surface area (Å²) in [6.07, 6.45) is 4.33. The zero-order valence-electron chi connectivity index (χ0n) is 14.4. The van der Waals surface area contributed by atoms with Crippen molar-refractivity contribution in [1.82, 2.24) is 9.78 Å². The highest BCUT2D eigenvalue weighted by atomic mass is 16.5. The van der Waals surface area contributed by atoms with E-state index in [4.69, 9.17) is 10.00 Å². The van der Waals surface area contributed by atoms with Crippen LogP contribution in [0.3, 0.4) is 0 Å². The molecule has 1 aromatic carbocycles. The molecular weight excluding hydrogens is 286 g/mol. The number of aryl methyl sites for hydroxylation is 2. The molecule has 1 aromatic heterocycles. The molecule has 0 fully saturated rings. The Morgan fingerprint density at radius 3 is 2.70 bits per heavy atom. The van der Waals surface area contributed by atoms with Crippen LogP contribution in [0.2, 0.25) is 0 Å². The van der Waals surface area contributed by atoms with E-state index in [0.29, 0.717) is 6.54 Å². The van der Waals surface area contributed by atoms with Crippen molar-refractivity contribution < 1.29 is 4.74 Å². The Morgan fingerprint density at radius 2 is 2.00 bits per heavy atom. The molecule has 1 aliphatic carbocycles. The predicted octanol–water partition coefficient (Wildman–Crippen LogP) is 3.42. The average molecular weight is 309 g/mol. The second-order valence-electron chi connectivity index (χ2n) is 6.34. The van der Waals surface area contributed by atoms with Gasteiger partial charge in [0, 0.05) is 17.7 Å². The van der Waals surface area contributed by atoms with Gasteiger partial charge in [-0.05, 0) is 62.3 Å². The van der Waals surface area contributed by atoms with E-state index in [1.54, 1.807) is 11.8 Å². The van der Waals surface area contributed by atoms with Crippen LogP contribution in [-0.4, -0.2) is 16.9 Å². The van der Waals surface area contributed by atoms with Crippen LogP contribution in [0, 0.1) is 32.1 Å². The number of hydrogen-bond donors (Lipinski definition) is 0. The van der Waals surface area contributed by atoms with Crippen LogP contribution in [0.4, 0.5) is 0 Å². The Balaban J connectivity index is 2.04. The summed E-state index contributed by atoms with van der Waals surface area (Å²) >= 11 is 0. The molecule has 1 heterocycles. The molecule has 0 saturated heterocycles. The number of hydrogen-bond acceptors (Lipinski definition) is 3. The van der Waals surface area contributed by atoms with Gasteiger partial charge in [-0.2, -0.15) is 10.4 Å². The summed E-state index contributed by atoms with van der Waals surface area (Å²) in [5.74, 6) is 1.06. The number of nitrogens with zero attached hydrogens (tertiary/aromatic N) is 3. The second-order valence-corrected chi connectivity index (χ2v) is 6.34. The zero-order chi connectivity index (χ0) is 16.6. The van der Waals surface area contributed by atoms with E-state index < -0.39 is 0 Å². The van der Waals surface area contributed by atoms with Gasteiger partial charge >= 0.3 is 0 Å². The summed E-state index contributed by atoms with van der Waals surface area (Å²) in [5, 5.41) is 13.4. The summed E-state index contributed by atoms with van der Waals surface area (Å²) in [4.78, 5) is 0. The Labute approximate surface area is 137 Å². The molecule has 0 aliphatic heterocycles. The molecule has 23 heavy (non-hydrogen) atoms. The number of methoxy groups -OCH3 is 1. The molecule has 0 spiro atoms. The first-order valence-corrected chi connectivity index (χ1v) is 8.14. The minimum atomic E-state index is 0.312. The third kappa shape index (κ3) is 2.61. The van der Waals surface area contributed by atoms with Gasteiger partial charge in [-0.1, -0.05) is 6.07 Å². The molecular formula is C19H23N3O. The van der Waals surface area contributed by atoms with Crippen molar-refractivity contribution >= 4 is 0 Å². The van der Waals surface area contributed by atoms with Crippen LogP contribution in [0.1, 0.15) is 45.6 Å². The zero-order valence-corrected chi connectivity index (χ0v) is 14.4. The molecule has 120 valence electrons. The first kappa shape index (κ1) is 15.6. The number of fused-ring (bicyclic) bond motifs is 1. The molecule has 1 aliphatic rings. The fraction of sp³-hybridized carbons (Fsp3) is 0.474. The Bertz CT molecular complexity index is 796. The first-order chi connectivity index (χ1) is 11.1. The number of nitriles is 1. The van der Waals surface area contributed by atoms with Crippen molar-refractivity contribution in [3.8, 4) is 11.8 Å². The Kier molecular flexibility index (Phi) is 4.12. The SMILES string of the molecule is COc1c(C)cc(Cc2c(C)nn(CC#N)c2C)c2c1CCC2.